The zero-order valence-corrected chi connectivity index (χ0v) is 14.9. The van der Waals surface area contributed by atoms with E-state index in [0.29, 0.717) is 15.3 Å². The average Bonchev–Trinajstić information content (AvgIpc) is 2.48. The minimum atomic E-state index is -0.345. The summed E-state index contributed by atoms with van der Waals surface area (Å²) in [5.41, 5.74) is 2.77. The summed E-state index contributed by atoms with van der Waals surface area (Å²) in [7, 11) is 0. The second-order valence-electron chi connectivity index (χ2n) is 5.04. The number of aryl methyl sites for hydroxylation is 1. The molecule has 0 aromatic heterocycles. The second-order valence-corrected chi connectivity index (χ2v) is 6.36. The van der Waals surface area contributed by atoms with Crippen LogP contribution in [0.4, 0.5) is 10.1 Å². The summed E-state index contributed by atoms with van der Waals surface area (Å²) in [6.45, 7) is 4.16. The van der Waals surface area contributed by atoms with E-state index >= 15 is 0 Å². The van der Waals surface area contributed by atoms with Crippen molar-refractivity contribution >= 4 is 38.9 Å². The van der Waals surface area contributed by atoms with Crippen LogP contribution in [0.5, 0.6) is 0 Å². The zero-order chi connectivity index (χ0) is 16.1. The topological polar surface area (TPSA) is 24.1 Å². The fraction of sp³-hybridized carbons (Fsp3) is 0.235. The van der Waals surface area contributed by atoms with Gasteiger partial charge in [0.05, 0.1) is 11.7 Å². The molecule has 0 aliphatic heterocycles. The van der Waals surface area contributed by atoms with E-state index in [0.717, 1.165) is 6.42 Å². The standard InChI is InChI=1S/C17H18BrFN2S/c1-3-15(13-7-5-4-6-11(13)2)20-17(22)21-16-9-8-12(18)10-14(16)19/h4-10,15H,3H2,1-2H3,(H2,20,21,22). The smallest absolute Gasteiger partial charge is 0.171 e. The number of halogens is 2. The molecule has 0 aliphatic carbocycles. The molecule has 2 aromatic carbocycles. The normalized spacial score (nSPS) is 11.8. The molecule has 1 unspecified atom stereocenters. The van der Waals surface area contributed by atoms with Crippen LogP contribution in [0.25, 0.3) is 0 Å². The van der Waals surface area contributed by atoms with Gasteiger partial charge in [-0.2, -0.15) is 0 Å². The molecule has 0 saturated carbocycles. The summed E-state index contributed by atoms with van der Waals surface area (Å²) in [6.07, 6.45) is 0.884. The lowest BCUT2D eigenvalue weighted by Crippen LogP contribution is -2.32. The lowest BCUT2D eigenvalue weighted by atomic mass is 10.00. The lowest BCUT2D eigenvalue weighted by Gasteiger charge is -2.21. The van der Waals surface area contributed by atoms with Crippen LogP contribution in [0, 0.1) is 12.7 Å². The predicted molar refractivity (Wildman–Crippen MR) is 97.7 cm³/mol. The highest BCUT2D eigenvalue weighted by Gasteiger charge is 2.13. The predicted octanol–water partition coefficient (Wildman–Crippen LogP) is 5.33. The van der Waals surface area contributed by atoms with E-state index in [4.69, 9.17) is 12.2 Å². The molecule has 0 bridgehead atoms. The summed E-state index contributed by atoms with van der Waals surface area (Å²) in [5.74, 6) is -0.345. The number of rotatable bonds is 4. The first kappa shape index (κ1) is 16.9. The number of thiocarbonyl (C=S) groups is 1. The highest BCUT2D eigenvalue weighted by molar-refractivity contribution is 9.10. The third-order valence-corrected chi connectivity index (χ3v) is 4.17. The van der Waals surface area contributed by atoms with Crippen molar-refractivity contribution in [2.24, 2.45) is 0 Å². The third-order valence-electron chi connectivity index (χ3n) is 3.46. The van der Waals surface area contributed by atoms with Crippen LogP contribution >= 0.6 is 28.1 Å². The van der Waals surface area contributed by atoms with E-state index in [-0.39, 0.29) is 11.9 Å². The highest BCUT2D eigenvalue weighted by Crippen LogP contribution is 2.22. The third kappa shape index (κ3) is 4.27. The van der Waals surface area contributed by atoms with Crippen molar-refractivity contribution in [1.29, 1.82) is 0 Å². The number of hydrogen-bond donors (Lipinski definition) is 2. The molecular formula is C17H18BrFN2S. The molecule has 0 saturated heterocycles. The van der Waals surface area contributed by atoms with Gasteiger partial charge in [0.15, 0.2) is 5.11 Å². The Labute approximate surface area is 144 Å². The Morgan fingerprint density at radius 1 is 1.27 bits per heavy atom. The summed E-state index contributed by atoms with van der Waals surface area (Å²) in [4.78, 5) is 0. The second kappa shape index (κ2) is 7.70. The van der Waals surface area contributed by atoms with Crippen molar-refractivity contribution < 1.29 is 4.39 Å². The Kier molecular flexibility index (Phi) is 5.91. The molecule has 2 N–H and O–H groups in total. The molecule has 0 fully saturated rings. The van der Waals surface area contributed by atoms with Crippen LogP contribution in [0.3, 0.4) is 0 Å². The van der Waals surface area contributed by atoms with Crippen molar-refractivity contribution in [1.82, 2.24) is 5.32 Å². The van der Waals surface area contributed by atoms with Crippen molar-refractivity contribution in [2.75, 3.05) is 5.32 Å². The van der Waals surface area contributed by atoms with Crippen LogP contribution in [0.15, 0.2) is 46.9 Å². The molecule has 22 heavy (non-hydrogen) atoms. The molecular weight excluding hydrogens is 363 g/mol. The Morgan fingerprint density at radius 2 is 2.00 bits per heavy atom. The highest BCUT2D eigenvalue weighted by atomic mass is 79.9. The van der Waals surface area contributed by atoms with E-state index in [1.165, 1.54) is 17.2 Å². The lowest BCUT2D eigenvalue weighted by molar-refractivity contribution is 0.621. The van der Waals surface area contributed by atoms with Crippen LogP contribution in [-0.4, -0.2) is 5.11 Å². The number of benzene rings is 2. The molecule has 5 heteroatoms. The van der Waals surface area contributed by atoms with Gasteiger partial charge in [-0.1, -0.05) is 47.1 Å². The van der Waals surface area contributed by atoms with Crippen molar-refractivity contribution in [2.45, 2.75) is 26.3 Å². The van der Waals surface area contributed by atoms with Gasteiger partial charge < -0.3 is 10.6 Å². The first-order chi connectivity index (χ1) is 10.5. The largest absolute Gasteiger partial charge is 0.356 e. The molecule has 2 rings (SSSR count). The Bertz CT molecular complexity index is 675. The van der Waals surface area contributed by atoms with Gasteiger partial charge >= 0.3 is 0 Å². The molecule has 1 atom stereocenters. The molecule has 0 heterocycles. The average molecular weight is 381 g/mol. The summed E-state index contributed by atoms with van der Waals surface area (Å²) in [5, 5.41) is 6.59. The van der Waals surface area contributed by atoms with Crippen molar-refractivity contribution in [3.63, 3.8) is 0 Å². The van der Waals surface area contributed by atoms with Crippen LogP contribution in [-0.2, 0) is 0 Å². The van der Waals surface area contributed by atoms with Gasteiger partial charge in [-0.3, -0.25) is 0 Å². The molecule has 2 aromatic rings. The monoisotopic (exact) mass is 380 g/mol. The number of anilines is 1. The Morgan fingerprint density at radius 3 is 2.64 bits per heavy atom. The molecule has 0 spiro atoms. The summed E-state index contributed by atoms with van der Waals surface area (Å²) in [6, 6.07) is 13.1. The maximum Gasteiger partial charge on any atom is 0.171 e. The quantitative estimate of drug-likeness (QED) is 0.700. The Balaban J connectivity index is 2.08. The van der Waals surface area contributed by atoms with Gasteiger partial charge in [-0.05, 0) is 54.9 Å². The molecule has 0 amide bonds. The SMILES string of the molecule is CCC(NC(=S)Nc1ccc(Br)cc1F)c1ccccc1C. The first-order valence-electron chi connectivity index (χ1n) is 7.09. The zero-order valence-electron chi connectivity index (χ0n) is 12.5. The molecule has 2 nitrogen and oxygen atoms in total. The van der Waals surface area contributed by atoms with Gasteiger partial charge in [0, 0.05) is 4.47 Å². The van der Waals surface area contributed by atoms with E-state index in [1.54, 1.807) is 12.1 Å². The van der Waals surface area contributed by atoms with Gasteiger partial charge in [-0.25, -0.2) is 4.39 Å². The van der Waals surface area contributed by atoms with Crippen LogP contribution in [0.1, 0.15) is 30.5 Å². The van der Waals surface area contributed by atoms with Crippen LogP contribution in [0.2, 0.25) is 0 Å². The Hall–Kier alpha value is -1.46. The van der Waals surface area contributed by atoms with E-state index in [1.807, 2.05) is 12.1 Å². The number of nitrogens with one attached hydrogen (secondary N) is 2. The van der Waals surface area contributed by atoms with E-state index < -0.39 is 0 Å². The van der Waals surface area contributed by atoms with Gasteiger partial charge in [0.1, 0.15) is 5.82 Å². The number of hydrogen-bond acceptors (Lipinski definition) is 1. The first-order valence-corrected chi connectivity index (χ1v) is 8.29. The maximum atomic E-state index is 13.8. The van der Waals surface area contributed by atoms with Crippen molar-refractivity contribution in [3.8, 4) is 0 Å². The fourth-order valence-corrected chi connectivity index (χ4v) is 2.87. The van der Waals surface area contributed by atoms with Crippen molar-refractivity contribution in [3.05, 3.63) is 63.9 Å². The minimum absolute atomic E-state index is 0.0970. The molecule has 0 radical (unpaired) electrons. The summed E-state index contributed by atoms with van der Waals surface area (Å²) >= 11 is 8.55. The van der Waals surface area contributed by atoms with E-state index in [2.05, 4.69) is 52.5 Å². The molecule has 0 aliphatic rings. The van der Waals surface area contributed by atoms with E-state index in [9.17, 15) is 4.39 Å². The van der Waals surface area contributed by atoms with Crippen LogP contribution < -0.4 is 10.6 Å². The maximum absolute atomic E-state index is 13.8. The minimum Gasteiger partial charge on any atom is -0.356 e. The van der Waals surface area contributed by atoms with Gasteiger partial charge in [0.2, 0.25) is 0 Å². The fourth-order valence-electron chi connectivity index (χ4n) is 2.28. The molecule has 116 valence electrons. The van der Waals surface area contributed by atoms with Gasteiger partial charge in [-0.15, -0.1) is 0 Å². The van der Waals surface area contributed by atoms with Gasteiger partial charge in [0.25, 0.3) is 0 Å². The summed E-state index contributed by atoms with van der Waals surface area (Å²) < 4.78 is 14.5.